The van der Waals surface area contributed by atoms with Crippen LogP contribution in [-0.2, 0) is 17.0 Å². The molecule has 1 fully saturated rings. The molecule has 1 heterocycles. The molecule has 1 aliphatic heterocycles. The van der Waals surface area contributed by atoms with Crippen molar-refractivity contribution < 1.29 is 25.3 Å². The van der Waals surface area contributed by atoms with Gasteiger partial charge in [0, 0.05) is 6.54 Å². The van der Waals surface area contributed by atoms with E-state index >= 15 is 0 Å². The fraction of sp³-hybridized carbons (Fsp3) is 0.400. The summed E-state index contributed by atoms with van der Waals surface area (Å²) in [6.45, 7) is -0.244. The van der Waals surface area contributed by atoms with E-state index in [1.54, 1.807) is 4.90 Å². The summed E-state index contributed by atoms with van der Waals surface area (Å²) in [6, 6.07) is 5.53. The van der Waals surface area contributed by atoms with Gasteiger partial charge in [-0.05, 0) is 17.7 Å². The monoisotopic (exact) mass is 281 g/mol. The molecule has 1 aromatic carbocycles. The van der Waals surface area contributed by atoms with Gasteiger partial charge in [-0.25, -0.2) is 8.78 Å². The number of rotatable bonds is 4. The first-order chi connectivity index (χ1) is 8.23. The third-order valence-corrected chi connectivity index (χ3v) is 2.83. The molecule has 0 aromatic heterocycles. The van der Waals surface area contributed by atoms with Crippen LogP contribution in [0.25, 0.3) is 0 Å². The van der Waals surface area contributed by atoms with Gasteiger partial charge in [0.2, 0.25) is 0 Å². The molecular weight excluding hydrogens is 271 g/mol. The third-order valence-electron chi connectivity index (χ3n) is 2.44. The van der Waals surface area contributed by atoms with Gasteiger partial charge in [-0.3, -0.25) is 4.90 Å². The minimum absolute atomic E-state index is 0.157. The summed E-state index contributed by atoms with van der Waals surface area (Å²) in [4.78, 5) is 1.54. The van der Waals surface area contributed by atoms with E-state index in [1.165, 1.54) is 24.3 Å². The summed E-state index contributed by atoms with van der Waals surface area (Å²) >= 11 is 0. The zero-order chi connectivity index (χ0) is 13.4. The van der Waals surface area contributed by atoms with Gasteiger partial charge in [-0.2, -0.15) is 8.42 Å². The van der Waals surface area contributed by atoms with E-state index in [2.05, 4.69) is 4.18 Å². The lowest BCUT2D eigenvalue weighted by Gasteiger charge is -2.38. The number of nitrogens with zero attached hydrogens (tertiary/aromatic N) is 1. The van der Waals surface area contributed by atoms with E-state index < -0.39 is 16.4 Å². The van der Waals surface area contributed by atoms with E-state index in [0.717, 1.165) is 0 Å². The summed E-state index contributed by atoms with van der Waals surface area (Å²) < 4.78 is 61.8. The standard InChI is InChI=1S/C10H10F3NO3S/c11-10(12)6-14(7-10)5-8-1-3-9(4-2-8)17-18(13,15)16/h1-4H,5-7H2. The third kappa shape index (κ3) is 3.61. The molecule has 0 saturated carbocycles. The molecule has 100 valence electrons. The highest BCUT2D eigenvalue weighted by atomic mass is 32.3. The highest BCUT2D eigenvalue weighted by Crippen LogP contribution is 2.28. The Kier molecular flexibility index (Phi) is 3.24. The predicted octanol–water partition coefficient (Wildman–Crippen LogP) is 1.73. The molecule has 0 unspecified atom stereocenters. The van der Waals surface area contributed by atoms with Crippen LogP contribution in [0.4, 0.5) is 12.7 Å². The Labute approximate surface area is 102 Å². The lowest BCUT2D eigenvalue weighted by atomic mass is 10.1. The van der Waals surface area contributed by atoms with E-state index in [-0.39, 0.29) is 18.8 Å². The summed E-state index contributed by atoms with van der Waals surface area (Å²) in [6.07, 6.45) is 0. The van der Waals surface area contributed by atoms with Crippen molar-refractivity contribution in [2.75, 3.05) is 13.1 Å². The molecule has 1 saturated heterocycles. The molecule has 4 nitrogen and oxygen atoms in total. The molecule has 18 heavy (non-hydrogen) atoms. The van der Waals surface area contributed by atoms with Crippen LogP contribution in [0.3, 0.4) is 0 Å². The van der Waals surface area contributed by atoms with Crippen molar-refractivity contribution in [1.29, 1.82) is 0 Å². The molecule has 0 radical (unpaired) electrons. The second kappa shape index (κ2) is 4.43. The van der Waals surface area contributed by atoms with Gasteiger partial charge in [-0.1, -0.05) is 16.0 Å². The van der Waals surface area contributed by atoms with Gasteiger partial charge in [0.25, 0.3) is 5.92 Å². The first kappa shape index (κ1) is 13.2. The predicted molar refractivity (Wildman–Crippen MR) is 57.3 cm³/mol. The van der Waals surface area contributed by atoms with E-state index in [9.17, 15) is 21.1 Å². The maximum Gasteiger partial charge on any atom is 0.488 e. The van der Waals surface area contributed by atoms with Crippen LogP contribution in [0.15, 0.2) is 24.3 Å². The van der Waals surface area contributed by atoms with Crippen molar-refractivity contribution >= 4 is 10.5 Å². The number of halogens is 3. The maximum absolute atomic E-state index is 12.6. The fourth-order valence-electron chi connectivity index (χ4n) is 1.74. The number of likely N-dealkylation sites (tertiary alicyclic amines) is 1. The highest BCUT2D eigenvalue weighted by molar-refractivity contribution is 7.81. The topological polar surface area (TPSA) is 46.6 Å². The van der Waals surface area contributed by atoms with Crippen LogP contribution < -0.4 is 4.18 Å². The molecule has 1 aliphatic rings. The van der Waals surface area contributed by atoms with Crippen molar-refractivity contribution in [1.82, 2.24) is 4.90 Å². The van der Waals surface area contributed by atoms with Gasteiger partial charge >= 0.3 is 10.5 Å². The smallest absolute Gasteiger partial charge is 0.358 e. The Morgan fingerprint density at radius 3 is 2.22 bits per heavy atom. The average molecular weight is 281 g/mol. The molecule has 0 atom stereocenters. The molecule has 0 amide bonds. The zero-order valence-electron chi connectivity index (χ0n) is 9.14. The van der Waals surface area contributed by atoms with Crippen molar-refractivity contribution in [3.8, 4) is 5.75 Å². The van der Waals surface area contributed by atoms with Crippen molar-refractivity contribution in [3.05, 3.63) is 29.8 Å². The number of benzene rings is 1. The summed E-state index contributed by atoms with van der Waals surface area (Å²) in [7, 11) is -5.03. The quantitative estimate of drug-likeness (QED) is 0.789. The Bertz CT molecular complexity index is 522. The van der Waals surface area contributed by atoms with Crippen LogP contribution in [-0.4, -0.2) is 32.3 Å². The number of alkyl halides is 2. The van der Waals surface area contributed by atoms with Gasteiger partial charge in [-0.15, -0.1) is 0 Å². The molecular formula is C10H10F3NO3S. The van der Waals surface area contributed by atoms with Crippen LogP contribution in [0.2, 0.25) is 0 Å². The molecule has 0 aliphatic carbocycles. The van der Waals surface area contributed by atoms with Crippen molar-refractivity contribution in [2.45, 2.75) is 12.5 Å². The summed E-state index contributed by atoms with van der Waals surface area (Å²) in [5.41, 5.74) is 0.717. The maximum atomic E-state index is 12.6. The Hall–Kier alpha value is -1.28. The van der Waals surface area contributed by atoms with Gasteiger partial charge < -0.3 is 4.18 Å². The van der Waals surface area contributed by atoms with E-state index in [1.807, 2.05) is 0 Å². The summed E-state index contributed by atoms with van der Waals surface area (Å²) in [5.74, 6) is -2.78. The number of hydrogen-bond acceptors (Lipinski definition) is 4. The minimum atomic E-state index is -5.03. The Morgan fingerprint density at radius 1 is 1.22 bits per heavy atom. The van der Waals surface area contributed by atoms with Gasteiger partial charge in [0.1, 0.15) is 5.75 Å². The van der Waals surface area contributed by atoms with Crippen LogP contribution in [0.1, 0.15) is 5.56 Å². The minimum Gasteiger partial charge on any atom is -0.358 e. The Balaban J connectivity index is 1.92. The molecule has 8 heteroatoms. The SMILES string of the molecule is O=S(=O)(F)Oc1ccc(CN2CC(F)(F)C2)cc1. The molecule has 0 N–H and O–H groups in total. The van der Waals surface area contributed by atoms with E-state index in [4.69, 9.17) is 0 Å². The highest BCUT2D eigenvalue weighted by Gasteiger charge is 2.43. The molecule has 1 aromatic rings. The fourth-order valence-corrected chi connectivity index (χ4v) is 2.08. The molecule has 2 rings (SSSR count). The lowest BCUT2D eigenvalue weighted by molar-refractivity contribution is -0.133. The van der Waals surface area contributed by atoms with Crippen LogP contribution in [0, 0.1) is 0 Å². The normalized spacial score (nSPS) is 19.3. The van der Waals surface area contributed by atoms with E-state index in [0.29, 0.717) is 12.1 Å². The second-order valence-electron chi connectivity index (χ2n) is 4.12. The van der Waals surface area contributed by atoms with Crippen LogP contribution >= 0.6 is 0 Å². The van der Waals surface area contributed by atoms with Gasteiger partial charge in [0.05, 0.1) is 13.1 Å². The lowest BCUT2D eigenvalue weighted by Crippen LogP contribution is -2.55. The first-order valence-electron chi connectivity index (χ1n) is 5.07. The largest absolute Gasteiger partial charge is 0.488 e. The van der Waals surface area contributed by atoms with Crippen molar-refractivity contribution in [3.63, 3.8) is 0 Å². The zero-order valence-corrected chi connectivity index (χ0v) is 9.96. The molecule has 0 spiro atoms. The van der Waals surface area contributed by atoms with Crippen LogP contribution in [0.5, 0.6) is 5.75 Å². The van der Waals surface area contributed by atoms with Crippen molar-refractivity contribution in [2.24, 2.45) is 0 Å². The van der Waals surface area contributed by atoms with Gasteiger partial charge in [0.15, 0.2) is 0 Å². The first-order valence-corrected chi connectivity index (χ1v) is 6.38. The Morgan fingerprint density at radius 2 is 1.78 bits per heavy atom. The number of hydrogen-bond donors (Lipinski definition) is 0. The molecule has 0 bridgehead atoms. The summed E-state index contributed by atoms with van der Waals surface area (Å²) in [5, 5.41) is 0. The second-order valence-corrected chi connectivity index (χ2v) is 5.07. The average Bonchev–Trinajstić information content (AvgIpc) is 2.16.